The highest BCUT2D eigenvalue weighted by Gasteiger charge is 2.12. The molecule has 2 rings (SSSR count). The van der Waals surface area contributed by atoms with Crippen LogP contribution in [0.5, 0.6) is 0 Å². The van der Waals surface area contributed by atoms with Crippen molar-refractivity contribution >= 4 is 11.3 Å². The van der Waals surface area contributed by atoms with E-state index < -0.39 is 0 Å². The average Bonchev–Trinajstić information content (AvgIpc) is 2.88. The zero-order valence-corrected chi connectivity index (χ0v) is 9.85. The number of hydrogen-bond acceptors (Lipinski definition) is 4. The lowest BCUT2D eigenvalue weighted by Crippen LogP contribution is -2.16. The Bertz CT molecular complexity index is 255. The Hall–Kier alpha value is -0.450. The average molecular weight is 225 g/mol. The molecular weight excluding hydrogens is 206 g/mol. The van der Waals surface area contributed by atoms with Gasteiger partial charge in [-0.05, 0) is 44.8 Å². The molecule has 4 heteroatoms. The van der Waals surface area contributed by atoms with E-state index in [0.717, 1.165) is 19.0 Å². The van der Waals surface area contributed by atoms with Gasteiger partial charge in [-0.3, -0.25) is 0 Å². The first-order valence-electron chi connectivity index (χ1n) is 5.73. The van der Waals surface area contributed by atoms with Gasteiger partial charge in [0.1, 0.15) is 0 Å². The zero-order valence-electron chi connectivity index (χ0n) is 9.04. The predicted octanol–water partition coefficient (Wildman–Crippen LogP) is 1.62. The molecule has 1 unspecified atom stereocenters. The lowest BCUT2D eigenvalue weighted by atomic mass is 10.0. The quantitative estimate of drug-likeness (QED) is 0.722. The molecule has 3 nitrogen and oxygen atoms in total. The van der Waals surface area contributed by atoms with Gasteiger partial charge < -0.3 is 10.6 Å². The summed E-state index contributed by atoms with van der Waals surface area (Å²) in [6.45, 7) is 4.49. The van der Waals surface area contributed by atoms with Crippen LogP contribution in [0.1, 0.15) is 25.0 Å². The second kappa shape index (κ2) is 6.20. The summed E-state index contributed by atoms with van der Waals surface area (Å²) in [5.41, 5.74) is 3.06. The molecule has 1 aliphatic heterocycles. The van der Waals surface area contributed by atoms with Crippen LogP contribution in [0.15, 0.2) is 10.9 Å². The highest BCUT2D eigenvalue weighted by molar-refractivity contribution is 7.07. The van der Waals surface area contributed by atoms with Gasteiger partial charge in [0.2, 0.25) is 0 Å². The monoisotopic (exact) mass is 225 g/mol. The van der Waals surface area contributed by atoms with Gasteiger partial charge in [0.25, 0.3) is 0 Å². The normalized spacial score (nSPS) is 20.9. The summed E-state index contributed by atoms with van der Waals surface area (Å²) in [5.74, 6) is 0.922. The molecular formula is C11H19N3S. The van der Waals surface area contributed by atoms with E-state index >= 15 is 0 Å². The van der Waals surface area contributed by atoms with Crippen LogP contribution < -0.4 is 10.6 Å². The minimum Gasteiger partial charge on any atom is -0.316 e. The van der Waals surface area contributed by atoms with Crippen molar-refractivity contribution in [3.05, 3.63) is 16.6 Å². The summed E-state index contributed by atoms with van der Waals surface area (Å²) in [6, 6.07) is 0. The van der Waals surface area contributed by atoms with E-state index in [1.165, 1.54) is 38.0 Å². The van der Waals surface area contributed by atoms with E-state index in [1.54, 1.807) is 11.3 Å². The van der Waals surface area contributed by atoms with Crippen molar-refractivity contribution in [3.63, 3.8) is 0 Å². The number of nitrogens with one attached hydrogen (secondary N) is 2. The number of aromatic nitrogens is 1. The van der Waals surface area contributed by atoms with Crippen LogP contribution in [0.2, 0.25) is 0 Å². The summed E-state index contributed by atoms with van der Waals surface area (Å²) >= 11 is 1.66. The van der Waals surface area contributed by atoms with Gasteiger partial charge in [-0.2, -0.15) is 0 Å². The SMILES string of the molecule is c1nc(CNCCCC2CCNC2)cs1. The Labute approximate surface area is 95.3 Å². The first-order chi connectivity index (χ1) is 7.45. The van der Waals surface area contributed by atoms with Crippen LogP contribution >= 0.6 is 11.3 Å². The molecule has 15 heavy (non-hydrogen) atoms. The number of hydrogen-bond donors (Lipinski definition) is 2. The fourth-order valence-corrected chi connectivity index (χ4v) is 2.58. The first kappa shape index (κ1) is 11.0. The number of rotatable bonds is 6. The highest BCUT2D eigenvalue weighted by atomic mass is 32.1. The molecule has 0 amide bonds. The highest BCUT2D eigenvalue weighted by Crippen LogP contribution is 2.13. The molecule has 0 aromatic carbocycles. The summed E-state index contributed by atoms with van der Waals surface area (Å²) < 4.78 is 0. The Balaban J connectivity index is 1.48. The van der Waals surface area contributed by atoms with Gasteiger partial charge in [-0.25, -0.2) is 4.98 Å². The van der Waals surface area contributed by atoms with Gasteiger partial charge in [0.15, 0.2) is 0 Å². The summed E-state index contributed by atoms with van der Waals surface area (Å²) in [4.78, 5) is 4.24. The molecule has 2 heterocycles. The molecule has 1 aromatic heterocycles. The third kappa shape index (κ3) is 3.89. The van der Waals surface area contributed by atoms with Crippen molar-refractivity contribution in [2.75, 3.05) is 19.6 Å². The maximum absolute atomic E-state index is 4.24. The molecule has 0 aliphatic carbocycles. The number of thiazole rings is 1. The summed E-state index contributed by atoms with van der Waals surface area (Å²) in [6.07, 6.45) is 4.01. The third-order valence-corrected chi connectivity index (χ3v) is 3.55. The van der Waals surface area contributed by atoms with E-state index in [-0.39, 0.29) is 0 Å². The summed E-state index contributed by atoms with van der Waals surface area (Å²) in [5, 5.41) is 8.95. The molecule has 84 valence electrons. The van der Waals surface area contributed by atoms with E-state index in [4.69, 9.17) is 0 Å². The molecule has 0 spiro atoms. The maximum atomic E-state index is 4.24. The van der Waals surface area contributed by atoms with E-state index in [1.807, 2.05) is 5.51 Å². The second-order valence-electron chi connectivity index (χ2n) is 4.16. The van der Waals surface area contributed by atoms with Crippen molar-refractivity contribution in [1.82, 2.24) is 15.6 Å². The van der Waals surface area contributed by atoms with Crippen molar-refractivity contribution in [2.45, 2.75) is 25.8 Å². The van der Waals surface area contributed by atoms with Crippen LogP contribution in [0, 0.1) is 5.92 Å². The predicted molar refractivity (Wildman–Crippen MR) is 64.0 cm³/mol. The van der Waals surface area contributed by atoms with Crippen molar-refractivity contribution in [3.8, 4) is 0 Å². The molecule has 1 aliphatic rings. The second-order valence-corrected chi connectivity index (χ2v) is 4.88. The standard InChI is InChI=1S/C11H19N3S/c1(2-10-3-5-13-6-10)4-12-7-11-8-15-9-14-11/h8-10,12-13H,1-7H2. The Kier molecular flexibility index (Phi) is 4.57. The third-order valence-electron chi connectivity index (χ3n) is 2.92. The molecule has 1 fully saturated rings. The molecule has 0 bridgehead atoms. The number of nitrogens with zero attached hydrogens (tertiary/aromatic N) is 1. The molecule has 0 radical (unpaired) electrons. The Morgan fingerprint density at radius 1 is 1.60 bits per heavy atom. The van der Waals surface area contributed by atoms with Crippen molar-refractivity contribution in [1.29, 1.82) is 0 Å². The van der Waals surface area contributed by atoms with Gasteiger partial charge >= 0.3 is 0 Å². The van der Waals surface area contributed by atoms with Crippen LogP contribution in [-0.4, -0.2) is 24.6 Å². The van der Waals surface area contributed by atoms with Gasteiger partial charge in [-0.15, -0.1) is 11.3 Å². The van der Waals surface area contributed by atoms with E-state index in [0.29, 0.717) is 0 Å². The molecule has 1 atom stereocenters. The maximum Gasteiger partial charge on any atom is 0.0795 e. The lowest BCUT2D eigenvalue weighted by Gasteiger charge is -2.07. The van der Waals surface area contributed by atoms with Crippen molar-refractivity contribution in [2.24, 2.45) is 5.92 Å². The fraction of sp³-hybridized carbons (Fsp3) is 0.727. The fourth-order valence-electron chi connectivity index (χ4n) is 2.02. The molecule has 1 saturated heterocycles. The Morgan fingerprint density at radius 2 is 2.60 bits per heavy atom. The van der Waals surface area contributed by atoms with Gasteiger partial charge in [0, 0.05) is 11.9 Å². The van der Waals surface area contributed by atoms with Crippen LogP contribution in [-0.2, 0) is 6.54 Å². The molecule has 0 saturated carbocycles. The van der Waals surface area contributed by atoms with Gasteiger partial charge in [0.05, 0.1) is 11.2 Å². The lowest BCUT2D eigenvalue weighted by molar-refractivity contribution is 0.491. The molecule has 2 N–H and O–H groups in total. The minimum atomic E-state index is 0.922. The first-order valence-corrected chi connectivity index (χ1v) is 6.68. The van der Waals surface area contributed by atoms with Crippen LogP contribution in [0.4, 0.5) is 0 Å². The largest absolute Gasteiger partial charge is 0.316 e. The van der Waals surface area contributed by atoms with Crippen LogP contribution in [0.25, 0.3) is 0 Å². The smallest absolute Gasteiger partial charge is 0.0795 e. The van der Waals surface area contributed by atoms with Gasteiger partial charge in [-0.1, -0.05) is 0 Å². The molecule has 1 aromatic rings. The van der Waals surface area contributed by atoms with E-state index in [9.17, 15) is 0 Å². The van der Waals surface area contributed by atoms with Crippen molar-refractivity contribution < 1.29 is 0 Å². The summed E-state index contributed by atoms with van der Waals surface area (Å²) in [7, 11) is 0. The van der Waals surface area contributed by atoms with Crippen LogP contribution in [0.3, 0.4) is 0 Å². The minimum absolute atomic E-state index is 0.922. The Morgan fingerprint density at radius 3 is 3.33 bits per heavy atom. The zero-order chi connectivity index (χ0) is 10.3. The van der Waals surface area contributed by atoms with E-state index in [2.05, 4.69) is 21.0 Å². The topological polar surface area (TPSA) is 37.0 Å².